The Bertz CT molecular complexity index is 806. The number of nitrogens with one attached hydrogen (secondary N) is 1. The summed E-state index contributed by atoms with van der Waals surface area (Å²) in [5.74, 6) is 0.736. The molecule has 1 aromatic rings. The Hall–Kier alpha value is -2.57. The first-order chi connectivity index (χ1) is 14.0. The summed E-state index contributed by atoms with van der Waals surface area (Å²) >= 11 is 0. The number of nitrogens with zero attached hydrogens (tertiary/aromatic N) is 2. The first kappa shape index (κ1) is 19.7. The molecule has 0 bridgehead atoms. The second-order valence-electron chi connectivity index (χ2n) is 8.59. The molecule has 7 heteroatoms. The van der Waals surface area contributed by atoms with Crippen LogP contribution in [-0.4, -0.2) is 39.7 Å². The van der Waals surface area contributed by atoms with Crippen molar-refractivity contribution in [1.29, 1.82) is 0 Å². The van der Waals surface area contributed by atoms with E-state index in [9.17, 15) is 14.4 Å². The van der Waals surface area contributed by atoms with Crippen LogP contribution in [0.25, 0.3) is 0 Å². The van der Waals surface area contributed by atoms with Crippen molar-refractivity contribution >= 4 is 17.8 Å². The van der Waals surface area contributed by atoms with Crippen LogP contribution < -0.4 is 5.32 Å². The van der Waals surface area contributed by atoms with Gasteiger partial charge in [-0.3, -0.25) is 14.5 Å². The Labute approximate surface area is 171 Å². The SMILES string of the molecule is CC1CCC2(CC1)NC(=O)N(CC(=O)N(Cc1ccco1)C1=CCCCC1)C2=O. The normalized spacial score (nSPS) is 27.1. The van der Waals surface area contributed by atoms with E-state index in [4.69, 9.17) is 4.42 Å². The molecule has 29 heavy (non-hydrogen) atoms. The maximum absolute atomic E-state index is 13.2. The first-order valence-corrected chi connectivity index (χ1v) is 10.6. The van der Waals surface area contributed by atoms with Gasteiger partial charge in [-0.1, -0.05) is 13.0 Å². The van der Waals surface area contributed by atoms with Gasteiger partial charge in [-0.15, -0.1) is 0 Å². The lowest BCUT2D eigenvalue weighted by Crippen LogP contribution is -2.50. The summed E-state index contributed by atoms with van der Waals surface area (Å²) in [7, 11) is 0. The molecule has 2 heterocycles. The summed E-state index contributed by atoms with van der Waals surface area (Å²) in [6.45, 7) is 2.24. The van der Waals surface area contributed by atoms with Gasteiger partial charge in [0.25, 0.3) is 5.91 Å². The van der Waals surface area contributed by atoms with Gasteiger partial charge in [-0.2, -0.15) is 0 Å². The molecule has 1 aromatic heterocycles. The number of carbonyl (C=O) groups excluding carboxylic acids is 3. The third-order valence-corrected chi connectivity index (χ3v) is 6.48. The van der Waals surface area contributed by atoms with Gasteiger partial charge >= 0.3 is 6.03 Å². The van der Waals surface area contributed by atoms with Crippen LogP contribution in [0.1, 0.15) is 64.1 Å². The lowest BCUT2D eigenvalue weighted by Gasteiger charge is -2.33. The fourth-order valence-corrected chi connectivity index (χ4v) is 4.61. The molecule has 1 N–H and O–H groups in total. The second kappa shape index (κ2) is 8.05. The zero-order chi connectivity index (χ0) is 20.4. The molecular weight excluding hydrogens is 370 g/mol. The first-order valence-electron chi connectivity index (χ1n) is 10.6. The van der Waals surface area contributed by atoms with Gasteiger partial charge in [0, 0.05) is 5.70 Å². The Morgan fingerprint density at radius 1 is 1.31 bits per heavy atom. The van der Waals surface area contributed by atoms with Gasteiger partial charge in [-0.05, 0) is 69.4 Å². The third-order valence-electron chi connectivity index (χ3n) is 6.48. The Balaban J connectivity index is 1.50. The summed E-state index contributed by atoms with van der Waals surface area (Å²) < 4.78 is 5.44. The molecule has 0 atom stereocenters. The van der Waals surface area contributed by atoms with Crippen LogP contribution >= 0.6 is 0 Å². The van der Waals surface area contributed by atoms with Gasteiger partial charge in [0.2, 0.25) is 5.91 Å². The molecule has 4 rings (SSSR count). The summed E-state index contributed by atoms with van der Waals surface area (Å²) in [6.07, 6.45) is 10.7. The van der Waals surface area contributed by atoms with E-state index in [1.165, 1.54) is 0 Å². The average Bonchev–Trinajstić information content (AvgIpc) is 3.32. The summed E-state index contributed by atoms with van der Waals surface area (Å²) in [5.41, 5.74) is 0.130. The van der Waals surface area contributed by atoms with Crippen molar-refractivity contribution in [3.8, 4) is 0 Å². The highest BCUT2D eigenvalue weighted by atomic mass is 16.3. The van der Waals surface area contributed by atoms with E-state index < -0.39 is 11.6 Å². The lowest BCUT2D eigenvalue weighted by molar-refractivity contribution is -0.139. The highest BCUT2D eigenvalue weighted by Crippen LogP contribution is 2.36. The zero-order valence-electron chi connectivity index (χ0n) is 17.0. The maximum atomic E-state index is 13.2. The van der Waals surface area contributed by atoms with Crippen molar-refractivity contribution in [3.05, 3.63) is 35.9 Å². The highest BCUT2D eigenvalue weighted by Gasteiger charge is 2.52. The predicted octanol–water partition coefficient (Wildman–Crippen LogP) is 3.57. The van der Waals surface area contributed by atoms with Crippen molar-refractivity contribution in [2.75, 3.05) is 6.54 Å². The second-order valence-corrected chi connectivity index (χ2v) is 8.59. The molecule has 1 aliphatic heterocycles. The van der Waals surface area contributed by atoms with E-state index in [2.05, 4.69) is 18.3 Å². The van der Waals surface area contributed by atoms with Crippen LogP contribution in [0, 0.1) is 5.92 Å². The molecule has 2 aliphatic carbocycles. The number of amides is 4. The number of imide groups is 1. The van der Waals surface area contributed by atoms with Crippen LogP contribution in [0.15, 0.2) is 34.6 Å². The van der Waals surface area contributed by atoms with Gasteiger partial charge in [0.1, 0.15) is 17.8 Å². The van der Waals surface area contributed by atoms with Crippen molar-refractivity contribution in [3.63, 3.8) is 0 Å². The number of urea groups is 1. The average molecular weight is 399 g/mol. The molecular formula is C22H29N3O4. The number of carbonyl (C=O) groups is 3. The van der Waals surface area contributed by atoms with Crippen molar-refractivity contribution in [2.45, 2.75) is 70.4 Å². The molecule has 1 saturated carbocycles. The van der Waals surface area contributed by atoms with Crippen molar-refractivity contribution in [1.82, 2.24) is 15.1 Å². The largest absolute Gasteiger partial charge is 0.467 e. The van der Waals surface area contributed by atoms with Crippen molar-refractivity contribution < 1.29 is 18.8 Å². The molecule has 2 fully saturated rings. The predicted molar refractivity (Wildman–Crippen MR) is 106 cm³/mol. The molecule has 0 aromatic carbocycles. The maximum Gasteiger partial charge on any atom is 0.325 e. The number of allylic oxidation sites excluding steroid dienone is 2. The van der Waals surface area contributed by atoms with Crippen LogP contribution in [-0.2, 0) is 16.1 Å². The Morgan fingerprint density at radius 2 is 2.10 bits per heavy atom. The molecule has 3 aliphatic rings. The number of furan rings is 1. The molecule has 7 nitrogen and oxygen atoms in total. The summed E-state index contributed by atoms with van der Waals surface area (Å²) in [5, 5.41) is 2.89. The van der Waals surface area contributed by atoms with Gasteiger partial charge in [0.05, 0.1) is 12.8 Å². The minimum Gasteiger partial charge on any atom is -0.467 e. The van der Waals surface area contributed by atoms with E-state index in [1.807, 2.05) is 6.07 Å². The standard InChI is InChI=1S/C22H29N3O4/c1-16-9-11-22(12-10-16)20(27)25(21(28)23-22)15-19(26)24(14-18-8-5-13-29-18)17-6-3-2-4-7-17/h5-6,8,13,16H,2-4,7,9-12,14-15H2,1H3,(H,23,28). The van der Waals surface area contributed by atoms with E-state index in [0.29, 0.717) is 31.1 Å². The van der Waals surface area contributed by atoms with Gasteiger partial charge in [0.15, 0.2) is 0 Å². The minimum atomic E-state index is -0.820. The summed E-state index contributed by atoms with van der Waals surface area (Å²) in [6, 6.07) is 3.17. The van der Waals surface area contributed by atoms with Crippen molar-refractivity contribution in [2.24, 2.45) is 5.92 Å². The Morgan fingerprint density at radius 3 is 2.76 bits per heavy atom. The molecule has 0 unspecified atom stereocenters. The molecule has 0 radical (unpaired) electrons. The summed E-state index contributed by atoms with van der Waals surface area (Å²) in [4.78, 5) is 41.7. The van der Waals surface area contributed by atoms with Crippen LogP contribution in [0.2, 0.25) is 0 Å². The fraction of sp³-hybridized carbons (Fsp3) is 0.591. The Kier molecular flexibility index (Phi) is 5.48. The van der Waals surface area contributed by atoms with E-state index >= 15 is 0 Å². The number of hydrogen-bond acceptors (Lipinski definition) is 4. The fourth-order valence-electron chi connectivity index (χ4n) is 4.61. The van der Waals surface area contributed by atoms with Crippen LogP contribution in [0.3, 0.4) is 0 Å². The van der Waals surface area contributed by atoms with Crippen LogP contribution in [0.5, 0.6) is 0 Å². The molecule has 4 amide bonds. The number of rotatable bonds is 5. The van der Waals surface area contributed by atoms with E-state index in [0.717, 1.165) is 49.1 Å². The smallest absolute Gasteiger partial charge is 0.325 e. The quantitative estimate of drug-likeness (QED) is 0.768. The minimum absolute atomic E-state index is 0.236. The number of hydrogen-bond donors (Lipinski definition) is 1. The van der Waals surface area contributed by atoms with Gasteiger partial charge in [-0.25, -0.2) is 4.79 Å². The van der Waals surface area contributed by atoms with Crippen LogP contribution in [0.4, 0.5) is 4.79 Å². The monoisotopic (exact) mass is 399 g/mol. The molecule has 1 saturated heterocycles. The third kappa shape index (κ3) is 3.95. The topological polar surface area (TPSA) is 82.9 Å². The van der Waals surface area contributed by atoms with E-state index in [1.54, 1.807) is 17.2 Å². The molecule has 1 spiro atoms. The zero-order valence-corrected chi connectivity index (χ0v) is 17.0. The van der Waals surface area contributed by atoms with Gasteiger partial charge < -0.3 is 14.6 Å². The molecule has 156 valence electrons. The highest BCUT2D eigenvalue weighted by molar-refractivity contribution is 6.09. The lowest BCUT2D eigenvalue weighted by atomic mass is 9.77. The van der Waals surface area contributed by atoms with E-state index in [-0.39, 0.29) is 18.4 Å².